The van der Waals surface area contributed by atoms with Crippen molar-refractivity contribution in [1.29, 1.82) is 0 Å². The Hall–Kier alpha value is -0.940. The number of aliphatic hydroxyl groups excluding tert-OH is 1. The maximum absolute atomic E-state index is 8.49. The molecule has 0 bridgehead atoms. The van der Waals surface area contributed by atoms with E-state index < -0.39 is 0 Å². The van der Waals surface area contributed by atoms with E-state index in [1.54, 1.807) is 0 Å². The van der Waals surface area contributed by atoms with Crippen LogP contribution in [0.2, 0.25) is 0 Å². The zero-order chi connectivity index (χ0) is 7.40. The molecule has 0 radical (unpaired) electrons. The van der Waals surface area contributed by atoms with Crippen LogP contribution in [0.15, 0.2) is 4.52 Å². The first kappa shape index (κ1) is 7.17. The molecule has 0 atom stereocenters. The van der Waals surface area contributed by atoms with Gasteiger partial charge in [0.1, 0.15) is 13.2 Å². The molecule has 1 aromatic rings. The Balaban J connectivity index is 2.59. The van der Waals surface area contributed by atoms with Gasteiger partial charge in [-0.1, -0.05) is 5.16 Å². The summed E-state index contributed by atoms with van der Waals surface area (Å²) in [6, 6.07) is 0. The Morgan fingerprint density at radius 3 is 3.00 bits per heavy atom. The molecule has 0 aliphatic rings. The summed E-state index contributed by atoms with van der Waals surface area (Å²) in [5, 5.41) is 11.9. The van der Waals surface area contributed by atoms with Gasteiger partial charge in [0.15, 0.2) is 5.82 Å². The van der Waals surface area contributed by atoms with Crippen LogP contribution in [-0.2, 0) is 18.0 Å². The summed E-state index contributed by atoms with van der Waals surface area (Å²) in [5.74, 6) is 0.665. The first-order chi connectivity index (χ1) is 4.86. The molecule has 0 aliphatic heterocycles. The van der Waals surface area contributed by atoms with Crippen molar-refractivity contribution in [3.8, 4) is 0 Å². The van der Waals surface area contributed by atoms with E-state index in [9.17, 15) is 0 Å². The average molecular weight is 144 g/mol. The topological polar surface area (TPSA) is 68.4 Å². The van der Waals surface area contributed by atoms with E-state index >= 15 is 0 Å². The monoisotopic (exact) mass is 144 g/mol. The summed E-state index contributed by atoms with van der Waals surface area (Å²) in [5.41, 5.74) is 0. The summed E-state index contributed by atoms with van der Waals surface area (Å²) in [4.78, 5) is 3.77. The predicted molar refractivity (Wildman–Crippen MR) is 30.9 cm³/mol. The Morgan fingerprint density at radius 2 is 2.50 bits per heavy atom. The van der Waals surface area contributed by atoms with Gasteiger partial charge < -0.3 is 14.4 Å². The highest BCUT2D eigenvalue weighted by molar-refractivity contribution is 4.81. The van der Waals surface area contributed by atoms with Gasteiger partial charge >= 0.3 is 0 Å². The van der Waals surface area contributed by atoms with Crippen LogP contribution in [0.1, 0.15) is 11.7 Å². The van der Waals surface area contributed by atoms with E-state index in [2.05, 4.69) is 14.7 Å². The van der Waals surface area contributed by atoms with Gasteiger partial charge in [0, 0.05) is 7.11 Å². The van der Waals surface area contributed by atoms with E-state index in [1.165, 1.54) is 7.11 Å². The fourth-order valence-electron chi connectivity index (χ4n) is 0.536. The van der Waals surface area contributed by atoms with Crippen LogP contribution < -0.4 is 0 Å². The van der Waals surface area contributed by atoms with Crippen molar-refractivity contribution in [2.75, 3.05) is 7.11 Å². The fourth-order valence-corrected chi connectivity index (χ4v) is 0.536. The minimum Gasteiger partial charge on any atom is -0.388 e. The summed E-state index contributed by atoms with van der Waals surface area (Å²) in [6.45, 7) is 0.0835. The summed E-state index contributed by atoms with van der Waals surface area (Å²) in [6.07, 6.45) is 0. The van der Waals surface area contributed by atoms with Crippen LogP contribution in [0.5, 0.6) is 0 Å². The third kappa shape index (κ3) is 1.52. The number of hydrogen-bond acceptors (Lipinski definition) is 5. The second-order valence-corrected chi connectivity index (χ2v) is 1.70. The second kappa shape index (κ2) is 3.28. The molecule has 0 unspecified atom stereocenters. The van der Waals surface area contributed by atoms with Crippen molar-refractivity contribution < 1.29 is 14.4 Å². The van der Waals surface area contributed by atoms with E-state index in [-0.39, 0.29) is 19.0 Å². The minimum absolute atomic E-state index is 0.201. The molecule has 1 N–H and O–H groups in total. The maximum Gasteiger partial charge on any atom is 0.252 e. The number of nitrogens with zero attached hydrogens (tertiary/aromatic N) is 2. The molecule has 1 rings (SSSR count). The Morgan fingerprint density at radius 1 is 1.70 bits per heavy atom. The first-order valence-electron chi connectivity index (χ1n) is 2.78. The number of methoxy groups -OCH3 is 1. The average Bonchev–Trinajstić information content (AvgIpc) is 2.37. The molecule has 56 valence electrons. The lowest BCUT2D eigenvalue weighted by Gasteiger charge is -1.85. The lowest BCUT2D eigenvalue weighted by atomic mass is 10.6. The van der Waals surface area contributed by atoms with Gasteiger partial charge in [-0.3, -0.25) is 0 Å². The molecule has 0 saturated carbocycles. The standard InChI is InChI=1S/C5H8N2O3/c1-9-3-5-6-4(2-8)7-10-5/h8H,2-3H2,1H3. The van der Waals surface area contributed by atoms with Crippen LogP contribution >= 0.6 is 0 Å². The van der Waals surface area contributed by atoms with Gasteiger partial charge in [-0.15, -0.1) is 0 Å². The van der Waals surface area contributed by atoms with E-state index in [0.717, 1.165) is 0 Å². The normalized spacial score (nSPS) is 10.2. The number of rotatable bonds is 3. The Labute approximate surface area is 57.6 Å². The molecule has 5 nitrogen and oxygen atoms in total. The van der Waals surface area contributed by atoms with E-state index in [1.807, 2.05) is 0 Å². The summed E-state index contributed by atoms with van der Waals surface area (Å²) in [7, 11) is 1.53. The number of ether oxygens (including phenoxy) is 1. The number of hydrogen-bond donors (Lipinski definition) is 1. The van der Waals surface area contributed by atoms with Crippen molar-refractivity contribution in [3.05, 3.63) is 11.7 Å². The molecule has 10 heavy (non-hydrogen) atoms. The van der Waals surface area contributed by atoms with Gasteiger partial charge in [-0.05, 0) is 0 Å². The van der Waals surface area contributed by atoms with Crippen LogP contribution in [0, 0.1) is 0 Å². The third-order valence-corrected chi connectivity index (χ3v) is 0.919. The largest absolute Gasteiger partial charge is 0.388 e. The highest BCUT2D eigenvalue weighted by Crippen LogP contribution is 1.97. The third-order valence-electron chi connectivity index (χ3n) is 0.919. The number of aromatic nitrogens is 2. The lowest BCUT2D eigenvalue weighted by Crippen LogP contribution is -1.88. The molecular weight excluding hydrogens is 136 g/mol. The molecule has 0 spiro atoms. The van der Waals surface area contributed by atoms with Crippen molar-refractivity contribution in [2.45, 2.75) is 13.2 Å². The Bertz CT molecular complexity index is 199. The van der Waals surface area contributed by atoms with Gasteiger partial charge in [0.25, 0.3) is 5.89 Å². The molecule has 1 heterocycles. The van der Waals surface area contributed by atoms with Gasteiger partial charge in [0.2, 0.25) is 0 Å². The van der Waals surface area contributed by atoms with Crippen LogP contribution in [0.3, 0.4) is 0 Å². The van der Waals surface area contributed by atoms with Gasteiger partial charge in [0.05, 0.1) is 0 Å². The molecule has 1 aromatic heterocycles. The highest BCUT2D eigenvalue weighted by Gasteiger charge is 2.02. The SMILES string of the molecule is COCc1nc(CO)no1. The van der Waals surface area contributed by atoms with Crippen LogP contribution in [0.25, 0.3) is 0 Å². The highest BCUT2D eigenvalue weighted by atomic mass is 16.5. The van der Waals surface area contributed by atoms with Crippen LogP contribution in [-0.4, -0.2) is 22.4 Å². The zero-order valence-electron chi connectivity index (χ0n) is 5.57. The van der Waals surface area contributed by atoms with Gasteiger partial charge in [-0.2, -0.15) is 4.98 Å². The molecule has 5 heteroatoms. The molecule has 0 aliphatic carbocycles. The molecule has 0 saturated heterocycles. The van der Waals surface area contributed by atoms with Crippen LogP contribution in [0.4, 0.5) is 0 Å². The maximum atomic E-state index is 8.49. The molecule has 0 fully saturated rings. The molecule has 0 aromatic carbocycles. The fraction of sp³-hybridized carbons (Fsp3) is 0.600. The molecular formula is C5H8N2O3. The van der Waals surface area contributed by atoms with E-state index in [4.69, 9.17) is 9.84 Å². The second-order valence-electron chi connectivity index (χ2n) is 1.70. The quantitative estimate of drug-likeness (QED) is 0.631. The van der Waals surface area contributed by atoms with Crippen molar-refractivity contribution >= 4 is 0 Å². The molecule has 0 amide bonds. The minimum atomic E-state index is -0.201. The van der Waals surface area contributed by atoms with Gasteiger partial charge in [-0.25, -0.2) is 0 Å². The summed E-state index contributed by atoms with van der Waals surface area (Å²) >= 11 is 0. The zero-order valence-corrected chi connectivity index (χ0v) is 5.57. The smallest absolute Gasteiger partial charge is 0.252 e. The van der Waals surface area contributed by atoms with Crippen molar-refractivity contribution in [3.63, 3.8) is 0 Å². The van der Waals surface area contributed by atoms with Crippen molar-refractivity contribution in [1.82, 2.24) is 10.1 Å². The predicted octanol–water partition coefficient (Wildman–Crippen LogP) is -0.292. The van der Waals surface area contributed by atoms with Crippen molar-refractivity contribution in [2.24, 2.45) is 0 Å². The lowest BCUT2D eigenvalue weighted by molar-refractivity contribution is 0.151. The number of aliphatic hydroxyl groups is 1. The Kier molecular flexibility index (Phi) is 2.35. The van der Waals surface area contributed by atoms with E-state index in [0.29, 0.717) is 5.89 Å². The first-order valence-corrected chi connectivity index (χ1v) is 2.78. The summed E-state index contributed by atoms with van der Waals surface area (Å²) < 4.78 is 9.36.